The Morgan fingerprint density at radius 2 is 2.05 bits per heavy atom. The molecular weight excluding hydrogens is 240 g/mol. The Morgan fingerprint density at radius 1 is 1.42 bits per heavy atom. The molecule has 106 valence electrons. The Bertz CT molecular complexity index is 436. The van der Waals surface area contributed by atoms with Crippen LogP contribution in [0.1, 0.15) is 45.0 Å². The smallest absolute Gasteiger partial charge is 0.342 e. The van der Waals surface area contributed by atoms with E-state index in [2.05, 4.69) is 25.8 Å². The monoisotopic (exact) mass is 264 g/mol. The maximum Gasteiger partial charge on any atom is 0.342 e. The third kappa shape index (κ3) is 4.89. The second-order valence-corrected chi connectivity index (χ2v) is 6.25. The minimum absolute atomic E-state index is 0.130. The lowest BCUT2D eigenvalue weighted by molar-refractivity contribution is 0.0378. The third-order valence-corrected chi connectivity index (χ3v) is 2.42. The lowest BCUT2D eigenvalue weighted by Crippen LogP contribution is -2.31. The van der Waals surface area contributed by atoms with Gasteiger partial charge in [-0.25, -0.2) is 9.78 Å². The van der Waals surface area contributed by atoms with Crippen LogP contribution in [0.2, 0.25) is 0 Å². The van der Waals surface area contributed by atoms with Crippen molar-refractivity contribution in [1.29, 1.82) is 0 Å². The zero-order chi connectivity index (χ0) is 14.6. The van der Waals surface area contributed by atoms with Gasteiger partial charge in [-0.15, -0.1) is 0 Å². The van der Waals surface area contributed by atoms with Crippen molar-refractivity contribution in [2.24, 2.45) is 5.41 Å². The van der Waals surface area contributed by atoms with E-state index in [4.69, 9.17) is 4.74 Å². The van der Waals surface area contributed by atoms with E-state index in [1.54, 1.807) is 18.3 Å². The molecule has 0 amide bonds. The van der Waals surface area contributed by atoms with Gasteiger partial charge in [-0.2, -0.15) is 0 Å². The molecule has 0 radical (unpaired) electrons. The molecular formula is C15H24N2O2. The molecule has 0 aromatic carbocycles. The second kappa shape index (κ2) is 6.04. The predicted molar refractivity (Wildman–Crippen MR) is 77.5 cm³/mol. The minimum Gasteiger partial charge on any atom is -0.459 e. The standard InChI is InChI=1S/C15H24N2O2/c1-11(2)19-14(18)12-8-7-9-16-13(12)17(6)10-15(3,4)5/h7-9,11H,10H2,1-6H3. The van der Waals surface area contributed by atoms with Crippen LogP contribution in [-0.4, -0.2) is 30.6 Å². The van der Waals surface area contributed by atoms with Gasteiger partial charge in [0.15, 0.2) is 0 Å². The lowest BCUT2D eigenvalue weighted by atomic mass is 9.96. The van der Waals surface area contributed by atoms with Gasteiger partial charge in [0.05, 0.1) is 6.10 Å². The number of ether oxygens (including phenoxy) is 1. The maximum atomic E-state index is 12.1. The number of hydrogen-bond acceptors (Lipinski definition) is 4. The highest BCUT2D eigenvalue weighted by molar-refractivity contribution is 5.94. The van der Waals surface area contributed by atoms with Gasteiger partial charge in [-0.1, -0.05) is 20.8 Å². The molecule has 0 saturated carbocycles. The van der Waals surface area contributed by atoms with Crippen molar-refractivity contribution in [2.75, 3.05) is 18.5 Å². The molecule has 0 bridgehead atoms. The number of anilines is 1. The van der Waals surface area contributed by atoms with Crippen LogP contribution < -0.4 is 4.90 Å². The highest BCUT2D eigenvalue weighted by atomic mass is 16.5. The fraction of sp³-hybridized carbons (Fsp3) is 0.600. The topological polar surface area (TPSA) is 42.4 Å². The van der Waals surface area contributed by atoms with Crippen molar-refractivity contribution >= 4 is 11.8 Å². The van der Waals surface area contributed by atoms with Crippen LogP contribution >= 0.6 is 0 Å². The quantitative estimate of drug-likeness (QED) is 0.784. The number of aromatic nitrogens is 1. The van der Waals surface area contributed by atoms with Crippen molar-refractivity contribution < 1.29 is 9.53 Å². The van der Waals surface area contributed by atoms with Gasteiger partial charge in [0, 0.05) is 19.8 Å². The highest BCUT2D eigenvalue weighted by Gasteiger charge is 2.21. The Balaban J connectivity index is 2.98. The van der Waals surface area contributed by atoms with Gasteiger partial charge in [0.2, 0.25) is 0 Å². The number of nitrogens with zero attached hydrogens (tertiary/aromatic N) is 2. The molecule has 0 aliphatic rings. The molecule has 0 unspecified atom stereocenters. The number of rotatable bonds is 4. The first-order chi connectivity index (χ1) is 8.70. The summed E-state index contributed by atoms with van der Waals surface area (Å²) in [6.07, 6.45) is 1.56. The molecule has 0 aliphatic heterocycles. The number of carbonyl (C=O) groups is 1. The zero-order valence-electron chi connectivity index (χ0n) is 12.7. The lowest BCUT2D eigenvalue weighted by Gasteiger charge is -2.28. The van der Waals surface area contributed by atoms with Crippen LogP contribution in [0, 0.1) is 5.41 Å². The van der Waals surface area contributed by atoms with E-state index in [0.717, 1.165) is 6.54 Å². The van der Waals surface area contributed by atoms with Gasteiger partial charge in [-0.3, -0.25) is 0 Å². The predicted octanol–water partition coefficient (Wildman–Crippen LogP) is 3.13. The SMILES string of the molecule is CC(C)OC(=O)c1cccnc1N(C)CC(C)(C)C. The van der Waals surface area contributed by atoms with Crippen molar-refractivity contribution in [3.05, 3.63) is 23.9 Å². The van der Waals surface area contributed by atoms with Crippen molar-refractivity contribution in [2.45, 2.75) is 40.7 Å². The maximum absolute atomic E-state index is 12.1. The summed E-state index contributed by atoms with van der Waals surface area (Å²) < 4.78 is 5.25. The molecule has 1 aromatic heterocycles. The van der Waals surface area contributed by atoms with Crippen LogP contribution in [0.3, 0.4) is 0 Å². The summed E-state index contributed by atoms with van der Waals surface area (Å²) in [5.74, 6) is 0.349. The molecule has 0 N–H and O–H groups in total. The van der Waals surface area contributed by atoms with Crippen molar-refractivity contribution in [3.8, 4) is 0 Å². The Kier molecular flexibility index (Phi) is 4.92. The van der Waals surface area contributed by atoms with Gasteiger partial charge in [-0.05, 0) is 31.4 Å². The molecule has 19 heavy (non-hydrogen) atoms. The van der Waals surface area contributed by atoms with E-state index in [9.17, 15) is 4.79 Å². The van der Waals surface area contributed by atoms with Gasteiger partial charge < -0.3 is 9.64 Å². The molecule has 1 heterocycles. The Labute approximate surface area is 115 Å². The van der Waals surface area contributed by atoms with E-state index in [-0.39, 0.29) is 17.5 Å². The summed E-state index contributed by atoms with van der Waals surface area (Å²) in [4.78, 5) is 18.4. The summed E-state index contributed by atoms with van der Waals surface area (Å²) >= 11 is 0. The van der Waals surface area contributed by atoms with Crippen LogP contribution in [0.15, 0.2) is 18.3 Å². The first-order valence-electron chi connectivity index (χ1n) is 6.58. The van der Waals surface area contributed by atoms with Crippen LogP contribution in [0.4, 0.5) is 5.82 Å². The molecule has 0 aliphatic carbocycles. The van der Waals surface area contributed by atoms with Crippen LogP contribution in [-0.2, 0) is 4.74 Å². The van der Waals surface area contributed by atoms with E-state index in [0.29, 0.717) is 11.4 Å². The van der Waals surface area contributed by atoms with E-state index in [1.807, 2.05) is 25.8 Å². The Hall–Kier alpha value is -1.58. The van der Waals surface area contributed by atoms with Gasteiger partial charge >= 0.3 is 5.97 Å². The normalized spacial score (nSPS) is 11.5. The summed E-state index contributed by atoms with van der Waals surface area (Å²) in [7, 11) is 1.94. The molecule has 4 nitrogen and oxygen atoms in total. The summed E-state index contributed by atoms with van der Waals surface area (Å²) in [5.41, 5.74) is 0.647. The average molecular weight is 264 g/mol. The minimum atomic E-state index is -0.321. The average Bonchev–Trinajstić information content (AvgIpc) is 2.25. The molecule has 0 saturated heterocycles. The van der Waals surface area contributed by atoms with Crippen LogP contribution in [0.25, 0.3) is 0 Å². The summed E-state index contributed by atoms with van der Waals surface area (Å²) in [5, 5.41) is 0. The third-order valence-electron chi connectivity index (χ3n) is 2.42. The van der Waals surface area contributed by atoms with E-state index < -0.39 is 0 Å². The molecule has 0 fully saturated rings. The van der Waals surface area contributed by atoms with E-state index >= 15 is 0 Å². The largest absolute Gasteiger partial charge is 0.459 e. The first kappa shape index (κ1) is 15.5. The highest BCUT2D eigenvalue weighted by Crippen LogP contribution is 2.22. The second-order valence-electron chi connectivity index (χ2n) is 6.25. The Morgan fingerprint density at radius 3 is 2.58 bits per heavy atom. The molecule has 1 aromatic rings. The number of esters is 1. The van der Waals surface area contributed by atoms with Crippen LogP contribution in [0.5, 0.6) is 0 Å². The summed E-state index contributed by atoms with van der Waals surface area (Å²) in [6.45, 7) is 10.9. The molecule has 0 spiro atoms. The fourth-order valence-electron chi connectivity index (χ4n) is 1.92. The molecule has 4 heteroatoms. The fourth-order valence-corrected chi connectivity index (χ4v) is 1.92. The zero-order valence-corrected chi connectivity index (χ0v) is 12.7. The van der Waals surface area contributed by atoms with Crippen molar-refractivity contribution in [3.63, 3.8) is 0 Å². The molecule has 1 rings (SSSR count). The number of hydrogen-bond donors (Lipinski definition) is 0. The van der Waals surface area contributed by atoms with Crippen molar-refractivity contribution in [1.82, 2.24) is 4.98 Å². The first-order valence-corrected chi connectivity index (χ1v) is 6.58. The summed E-state index contributed by atoms with van der Waals surface area (Å²) in [6, 6.07) is 3.51. The van der Waals surface area contributed by atoms with Gasteiger partial charge in [0.1, 0.15) is 11.4 Å². The van der Waals surface area contributed by atoms with E-state index in [1.165, 1.54) is 0 Å². The van der Waals surface area contributed by atoms with Gasteiger partial charge in [0.25, 0.3) is 0 Å². The molecule has 0 atom stereocenters. The number of carbonyl (C=O) groups excluding carboxylic acids is 1. The number of pyridine rings is 1.